The second-order valence-electron chi connectivity index (χ2n) is 5.92. The summed E-state index contributed by atoms with van der Waals surface area (Å²) < 4.78 is 32.4. The zero-order chi connectivity index (χ0) is 22.6. The molecule has 3 rings (SSSR count). The second-order valence-corrected chi connectivity index (χ2v) is 8.04. The summed E-state index contributed by atoms with van der Waals surface area (Å²) in [5, 5.41) is 13.8. The number of sulfonamides is 1. The monoisotopic (exact) mass is 463 g/mol. The molecule has 160 valence electrons. The average molecular weight is 464 g/mol. The SMILES string of the molecule is COc1nccnc1NS(=O)(=O)c1ccc(NC(=O)c2cc(Cl)ccc2[N+](=O)[O-])cc1. The van der Waals surface area contributed by atoms with E-state index in [2.05, 4.69) is 20.0 Å². The van der Waals surface area contributed by atoms with E-state index in [1.165, 1.54) is 55.9 Å². The predicted molar refractivity (Wildman–Crippen MR) is 112 cm³/mol. The largest absolute Gasteiger partial charge is 0.478 e. The molecule has 2 N–H and O–H groups in total. The van der Waals surface area contributed by atoms with Gasteiger partial charge in [-0.1, -0.05) is 11.6 Å². The van der Waals surface area contributed by atoms with E-state index in [0.717, 1.165) is 6.07 Å². The maximum Gasteiger partial charge on any atom is 0.282 e. The minimum atomic E-state index is -4.02. The smallest absolute Gasteiger partial charge is 0.282 e. The minimum absolute atomic E-state index is 0.00178. The first-order valence-corrected chi connectivity index (χ1v) is 10.3. The molecule has 0 aliphatic rings. The molecule has 13 heteroatoms. The fourth-order valence-electron chi connectivity index (χ4n) is 2.50. The normalized spacial score (nSPS) is 10.9. The molecule has 11 nitrogen and oxygen atoms in total. The van der Waals surface area contributed by atoms with Gasteiger partial charge in [0.05, 0.1) is 16.9 Å². The summed E-state index contributed by atoms with van der Waals surface area (Å²) in [4.78, 5) is 30.5. The van der Waals surface area contributed by atoms with Gasteiger partial charge in [-0.15, -0.1) is 0 Å². The van der Waals surface area contributed by atoms with Crippen molar-refractivity contribution in [3.8, 4) is 5.88 Å². The van der Waals surface area contributed by atoms with Crippen LogP contribution in [0.25, 0.3) is 0 Å². The van der Waals surface area contributed by atoms with Crippen molar-refractivity contribution in [3.05, 3.63) is 75.6 Å². The number of nitro benzene ring substituents is 1. The summed E-state index contributed by atoms with van der Waals surface area (Å²) in [5.41, 5.74) is -0.427. The Hall–Kier alpha value is -3.77. The topological polar surface area (TPSA) is 153 Å². The lowest BCUT2D eigenvalue weighted by Gasteiger charge is -2.10. The van der Waals surface area contributed by atoms with Gasteiger partial charge in [-0.05, 0) is 36.4 Å². The van der Waals surface area contributed by atoms with Gasteiger partial charge in [-0.25, -0.2) is 18.4 Å². The summed E-state index contributed by atoms with van der Waals surface area (Å²) >= 11 is 5.83. The Morgan fingerprint density at radius 1 is 1.13 bits per heavy atom. The zero-order valence-corrected chi connectivity index (χ0v) is 17.3. The van der Waals surface area contributed by atoms with Crippen LogP contribution in [0.3, 0.4) is 0 Å². The molecular formula is C18H14ClN5O6S. The van der Waals surface area contributed by atoms with E-state index in [0.29, 0.717) is 0 Å². The standard InChI is InChI=1S/C18H14ClN5O6S/c1-30-18-16(20-8-9-21-18)23-31(28,29)13-5-3-12(4-6-13)22-17(25)14-10-11(19)2-7-15(14)24(26)27/h2-10H,1H3,(H,20,23)(H,22,25). The molecule has 1 aromatic heterocycles. The third-order valence-corrected chi connectivity index (χ3v) is 5.50. The molecule has 0 radical (unpaired) electrons. The van der Waals surface area contributed by atoms with Crippen molar-refractivity contribution in [2.24, 2.45) is 0 Å². The van der Waals surface area contributed by atoms with Crippen LogP contribution in [-0.4, -0.2) is 36.3 Å². The van der Waals surface area contributed by atoms with Crippen molar-refractivity contribution < 1.29 is 22.9 Å². The number of anilines is 2. The van der Waals surface area contributed by atoms with Gasteiger partial charge in [0, 0.05) is 29.2 Å². The number of hydrogen-bond acceptors (Lipinski definition) is 8. The fraction of sp³-hybridized carbons (Fsp3) is 0.0556. The Balaban J connectivity index is 1.80. The number of benzene rings is 2. The molecule has 0 atom stereocenters. The number of nitrogens with one attached hydrogen (secondary N) is 2. The number of rotatable bonds is 7. The van der Waals surface area contributed by atoms with Gasteiger partial charge < -0.3 is 10.1 Å². The van der Waals surface area contributed by atoms with Crippen LogP contribution < -0.4 is 14.8 Å². The van der Waals surface area contributed by atoms with Crippen molar-refractivity contribution in [3.63, 3.8) is 0 Å². The lowest BCUT2D eigenvalue weighted by molar-refractivity contribution is -0.385. The van der Waals surface area contributed by atoms with Crippen molar-refractivity contribution in [1.29, 1.82) is 0 Å². The Labute approximate surface area is 181 Å². The molecule has 0 saturated carbocycles. The molecule has 0 aliphatic carbocycles. The van der Waals surface area contributed by atoms with Crippen LogP contribution in [0.1, 0.15) is 10.4 Å². The van der Waals surface area contributed by atoms with Gasteiger partial charge in [0.1, 0.15) is 5.56 Å². The van der Waals surface area contributed by atoms with Crippen molar-refractivity contribution in [2.45, 2.75) is 4.90 Å². The minimum Gasteiger partial charge on any atom is -0.478 e. The third kappa shape index (κ3) is 5.05. The first kappa shape index (κ1) is 21.9. The van der Waals surface area contributed by atoms with Crippen LogP contribution >= 0.6 is 11.6 Å². The van der Waals surface area contributed by atoms with E-state index in [1.54, 1.807) is 0 Å². The fourth-order valence-corrected chi connectivity index (χ4v) is 3.67. The highest BCUT2D eigenvalue weighted by Gasteiger charge is 2.21. The molecule has 0 fully saturated rings. The zero-order valence-electron chi connectivity index (χ0n) is 15.8. The summed E-state index contributed by atoms with van der Waals surface area (Å²) in [6.45, 7) is 0. The van der Waals surface area contributed by atoms with E-state index >= 15 is 0 Å². The molecule has 1 heterocycles. The number of ether oxygens (including phenoxy) is 1. The molecule has 1 amide bonds. The average Bonchev–Trinajstić information content (AvgIpc) is 2.74. The van der Waals surface area contributed by atoms with Crippen molar-refractivity contribution in [1.82, 2.24) is 9.97 Å². The number of aromatic nitrogens is 2. The molecule has 3 aromatic rings. The number of nitro groups is 1. The first-order chi connectivity index (χ1) is 14.7. The molecular weight excluding hydrogens is 450 g/mol. The first-order valence-electron chi connectivity index (χ1n) is 8.44. The van der Waals surface area contributed by atoms with Crippen LogP contribution in [0.4, 0.5) is 17.2 Å². The number of carbonyl (C=O) groups is 1. The van der Waals surface area contributed by atoms with Crippen LogP contribution in [0.2, 0.25) is 5.02 Å². The van der Waals surface area contributed by atoms with Gasteiger partial charge in [0.25, 0.3) is 27.5 Å². The van der Waals surface area contributed by atoms with Crippen LogP contribution in [0.5, 0.6) is 5.88 Å². The van der Waals surface area contributed by atoms with Gasteiger partial charge in [0.15, 0.2) is 0 Å². The predicted octanol–water partition coefficient (Wildman–Crippen LogP) is 3.10. The van der Waals surface area contributed by atoms with E-state index in [9.17, 15) is 23.3 Å². The van der Waals surface area contributed by atoms with E-state index in [1.807, 2.05) is 0 Å². The van der Waals surface area contributed by atoms with Crippen molar-refractivity contribution >= 4 is 44.7 Å². The molecule has 0 aliphatic heterocycles. The molecule has 2 aromatic carbocycles. The van der Waals surface area contributed by atoms with Crippen LogP contribution in [0, 0.1) is 10.1 Å². The number of hydrogen-bond donors (Lipinski definition) is 2. The number of methoxy groups -OCH3 is 1. The Kier molecular flexibility index (Phi) is 6.32. The van der Waals surface area contributed by atoms with Gasteiger partial charge in [0.2, 0.25) is 5.82 Å². The van der Waals surface area contributed by atoms with Gasteiger partial charge >= 0.3 is 0 Å². The molecule has 0 spiro atoms. The second kappa shape index (κ2) is 8.93. The number of halogens is 1. The summed E-state index contributed by atoms with van der Waals surface area (Å²) in [6, 6.07) is 8.74. The Morgan fingerprint density at radius 3 is 2.45 bits per heavy atom. The summed E-state index contributed by atoms with van der Waals surface area (Å²) in [7, 11) is -2.70. The van der Waals surface area contributed by atoms with Gasteiger partial charge in [-0.2, -0.15) is 0 Å². The Bertz CT molecular complexity index is 1250. The lowest BCUT2D eigenvalue weighted by atomic mass is 10.1. The van der Waals surface area contributed by atoms with Gasteiger partial charge in [-0.3, -0.25) is 19.6 Å². The van der Waals surface area contributed by atoms with E-state index in [-0.39, 0.29) is 32.9 Å². The molecule has 0 bridgehead atoms. The van der Waals surface area contributed by atoms with E-state index in [4.69, 9.17) is 16.3 Å². The molecule has 0 unspecified atom stereocenters. The highest BCUT2D eigenvalue weighted by atomic mass is 35.5. The lowest BCUT2D eigenvalue weighted by Crippen LogP contribution is -2.16. The summed E-state index contributed by atoms with van der Waals surface area (Å²) in [6.07, 6.45) is 2.65. The third-order valence-electron chi connectivity index (χ3n) is 3.91. The molecule has 31 heavy (non-hydrogen) atoms. The van der Waals surface area contributed by atoms with Crippen LogP contribution in [0.15, 0.2) is 59.8 Å². The highest BCUT2D eigenvalue weighted by molar-refractivity contribution is 7.92. The van der Waals surface area contributed by atoms with E-state index < -0.39 is 26.5 Å². The number of amides is 1. The Morgan fingerprint density at radius 2 is 1.81 bits per heavy atom. The summed E-state index contributed by atoms with van der Waals surface area (Å²) in [5.74, 6) is -0.860. The number of nitrogens with zero attached hydrogens (tertiary/aromatic N) is 3. The quantitative estimate of drug-likeness (QED) is 0.400. The van der Waals surface area contributed by atoms with Crippen LogP contribution in [-0.2, 0) is 10.0 Å². The number of carbonyl (C=O) groups excluding carboxylic acids is 1. The van der Waals surface area contributed by atoms with Crippen molar-refractivity contribution in [2.75, 3.05) is 17.1 Å². The maximum absolute atomic E-state index is 12.6. The molecule has 0 saturated heterocycles. The maximum atomic E-state index is 12.6. The highest BCUT2D eigenvalue weighted by Crippen LogP contribution is 2.25.